The topological polar surface area (TPSA) is 126 Å². The van der Waals surface area contributed by atoms with E-state index in [9.17, 15) is 9.90 Å². The Morgan fingerprint density at radius 1 is 1.42 bits per heavy atom. The number of aliphatic hydroxyl groups excluding tert-OH is 1. The van der Waals surface area contributed by atoms with Crippen LogP contribution in [0.1, 0.15) is 24.6 Å². The van der Waals surface area contributed by atoms with E-state index >= 15 is 0 Å². The number of nitrogens with one attached hydrogen (secondary N) is 1. The van der Waals surface area contributed by atoms with Crippen LogP contribution in [0.4, 0.5) is 0 Å². The fourth-order valence-corrected chi connectivity index (χ4v) is 2.26. The number of nitrogens with zero attached hydrogens (tertiary/aromatic N) is 4. The number of hydrogen-bond acceptors (Lipinski definition) is 7. The molecule has 2 atom stereocenters. The molecule has 124 valence electrons. The Morgan fingerprint density at radius 2 is 2.21 bits per heavy atom. The molecule has 2 aromatic heterocycles. The van der Waals surface area contributed by atoms with Gasteiger partial charge in [-0.25, -0.2) is 15.1 Å². The fourth-order valence-electron chi connectivity index (χ4n) is 2.26. The number of hydrogen-bond donors (Lipinski definition) is 3. The summed E-state index contributed by atoms with van der Waals surface area (Å²) >= 11 is 0. The Hall–Kier alpha value is -3.04. The van der Waals surface area contributed by atoms with Crippen LogP contribution in [-0.4, -0.2) is 42.3 Å². The summed E-state index contributed by atoms with van der Waals surface area (Å²) in [6, 6.07) is 6.60. The van der Waals surface area contributed by atoms with Crippen molar-refractivity contribution in [3.63, 3.8) is 0 Å². The highest BCUT2D eigenvalue weighted by atomic mass is 16.5. The van der Waals surface area contributed by atoms with Gasteiger partial charge in [-0.05, 0) is 25.1 Å². The van der Waals surface area contributed by atoms with Crippen molar-refractivity contribution in [2.24, 2.45) is 0 Å². The molecular formula is C15H15N5O4. The molecule has 0 aliphatic carbocycles. The number of amides is 1. The lowest BCUT2D eigenvalue weighted by Crippen LogP contribution is -2.23. The van der Waals surface area contributed by atoms with E-state index in [4.69, 9.17) is 9.62 Å². The first-order chi connectivity index (χ1) is 11.6. The van der Waals surface area contributed by atoms with Gasteiger partial charge < -0.3 is 9.52 Å². The smallest absolute Gasteiger partial charge is 0.267 e. The van der Waals surface area contributed by atoms with Crippen LogP contribution in [0.3, 0.4) is 0 Å². The van der Waals surface area contributed by atoms with Crippen LogP contribution in [0.25, 0.3) is 17.2 Å². The van der Waals surface area contributed by atoms with Gasteiger partial charge in [0.2, 0.25) is 5.89 Å². The van der Waals surface area contributed by atoms with Gasteiger partial charge in [-0.2, -0.15) is 0 Å². The molecule has 2 unspecified atom stereocenters. The van der Waals surface area contributed by atoms with E-state index in [-0.39, 0.29) is 0 Å². The summed E-state index contributed by atoms with van der Waals surface area (Å²) in [5.41, 5.74) is 3.14. The molecule has 2 heterocycles. The van der Waals surface area contributed by atoms with E-state index in [1.807, 2.05) is 18.2 Å². The highest BCUT2D eigenvalue weighted by Crippen LogP contribution is 2.25. The maximum absolute atomic E-state index is 11.0. The summed E-state index contributed by atoms with van der Waals surface area (Å²) in [6.45, 7) is 1.59. The highest BCUT2D eigenvalue weighted by molar-refractivity contribution is 5.90. The minimum Gasteiger partial charge on any atom is -0.438 e. The number of oxazole rings is 1. The maximum Gasteiger partial charge on any atom is 0.267 e. The predicted octanol–water partition coefficient (Wildman–Crippen LogP) is 0.908. The first-order valence-electron chi connectivity index (χ1n) is 7.16. The largest absolute Gasteiger partial charge is 0.438 e. The second-order valence-corrected chi connectivity index (χ2v) is 5.14. The lowest BCUT2D eigenvalue weighted by Gasteiger charge is -2.15. The minimum atomic E-state index is -0.836. The Balaban J connectivity index is 1.93. The molecule has 3 aromatic rings. The Bertz CT molecular complexity index is 850. The van der Waals surface area contributed by atoms with Gasteiger partial charge in [-0.3, -0.25) is 10.0 Å². The number of aliphatic hydroxyl groups is 1. The molecule has 0 saturated carbocycles. The Morgan fingerprint density at radius 3 is 2.92 bits per heavy atom. The number of rotatable bonds is 5. The summed E-state index contributed by atoms with van der Waals surface area (Å²) in [6.07, 6.45) is 3.18. The number of aromatic nitrogens is 4. The fraction of sp³-hybridized carbons (Fsp3) is 0.200. The zero-order valence-corrected chi connectivity index (χ0v) is 12.7. The van der Waals surface area contributed by atoms with Crippen molar-refractivity contribution < 1.29 is 19.5 Å². The van der Waals surface area contributed by atoms with Gasteiger partial charge in [0.25, 0.3) is 5.91 Å². The molecule has 0 bridgehead atoms. The van der Waals surface area contributed by atoms with Crippen LogP contribution in [0.2, 0.25) is 0 Å². The van der Waals surface area contributed by atoms with Gasteiger partial charge in [-0.15, -0.1) is 5.10 Å². The van der Waals surface area contributed by atoms with Crippen LogP contribution in [0.15, 0.2) is 41.0 Å². The lowest BCUT2D eigenvalue weighted by molar-refractivity contribution is -0.124. The lowest BCUT2D eigenvalue weighted by atomic mass is 10.2. The molecule has 1 amide bonds. The molecule has 3 N–H and O–H groups in total. The zero-order chi connectivity index (χ0) is 17.1. The predicted molar refractivity (Wildman–Crippen MR) is 82.8 cm³/mol. The van der Waals surface area contributed by atoms with Gasteiger partial charge in [0, 0.05) is 6.08 Å². The standard InChI is InChI=1S/C15H15N5O4/c1-9(21)14(15-16-11-4-2-3-5-12(11)24-15)20-8-10(17-19-20)6-7-13(22)18-23/h2-9,14,21,23H,1H3,(H,18,22)/b7-6+. The second-order valence-electron chi connectivity index (χ2n) is 5.14. The van der Waals surface area contributed by atoms with Crippen molar-refractivity contribution in [3.8, 4) is 0 Å². The molecule has 0 radical (unpaired) electrons. The normalized spacial score (nSPS) is 14.1. The monoisotopic (exact) mass is 329 g/mol. The van der Waals surface area contributed by atoms with Crippen LogP contribution in [0.5, 0.6) is 0 Å². The zero-order valence-electron chi connectivity index (χ0n) is 12.7. The van der Waals surface area contributed by atoms with Gasteiger partial charge in [0.1, 0.15) is 11.2 Å². The number of carbonyl (C=O) groups is 1. The molecule has 0 spiro atoms. The highest BCUT2D eigenvalue weighted by Gasteiger charge is 2.26. The first kappa shape index (κ1) is 15.8. The quantitative estimate of drug-likeness (QED) is 0.361. The summed E-state index contributed by atoms with van der Waals surface area (Å²) in [7, 11) is 0. The van der Waals surface area contributed by atoms with E-state index in [0.29, 0.717) is 22.7 Å². The van der Waals surface area contributed by atoms with Crippen molar-refractivity contribution in [3.05, 3.63) is 48.1 Å². The summed E-state index contributed by atoms with van der Waals surface area (Å²) in [5.74, 6) is -0.379. The van der Waals surface area contributed by atoms with Crippen LogP contribution >= 0.6 is 0 Å². The van der Waals surface area contributed by atoms with E-state index in [0.717, 1.165) is 6.08 Å². The van der Waals surface area contributed by atoms with Crippen molar-refractivity contribution in [1.29, 1.82) is 0 Å². The molecular weight excluding hydrogens is 314 g/mol. The number of carbonyl (C=O) groups excluding carboxylic acids is 1. The molecule has 9 heteroatoms. The first-order valence-corrected chi connectivity index (χ1v) is 7.16. The van der Waals surface area contributed by atoms with Crippen molar-refractivity contribution >= 4 is 23.1 Å². The molecule has 9 nitrogen and oxygen atoms in total. The number of fused-ring (bicyclic) bond motifs is 1. The average molecular weight is 329 g/mol. The van der Waals surface area contributed by atoms with Crippen molar-refractivity contribution in [2.45, 2.75) is 19.1 Å². The van der Waals surface area contributed by atoms with E-state index in [1.165, 1.54) is 22.4 Å². The third kappa shape index (κ3) is 3.16. The minimum absolute atomic E-state index is 0.305. The molecule has 3 rings (SSSR count). The number of para-hydroxylation sites is 2. The second kappa shape index (κ2) is 6.60. The van der Waals surface area contributed by atoms with E-state index < -0.39 is 18.1 Å². The van der Waals surface area contributed by atoms with E-state index in [1.54, 1.807) is 13.0 Å². The van der Waals surface area contributed by atoms with Gasteiger partial charge in [-0.1, -0.05) is 17.3 Å². The molecule has 0 saturated heterocycles. The van der Waals surface area contributed by atoms with Crippen molar-refractivity contribution in [1.82, 2.24) is 25.5 Å². The Labute approximate surface area is 136 Å². The molecule has 0 fully saturated rings. The van der Waals surface area contributed by atoms with Gasteiger partial charge >= 0.3 is 0 Å². The number of hydroxylamine groups is 1. The summed E-state index contributed by atoms with van der Waals surface area (Å²) in [4.78, 5) is 15.4. The molecule has 1 aromatic carbocycles. The SMILES string of the molecule is CC(O)C(c1nc2ccccc2o1)n1cc(/C=C/C(=O)NO)nn1. The van der Waals surface area contributed by atoms with E-state index in [2.05, 4.69) is 15.3 Å². The third-order valence-electron chi connectivity index (χ3n) is 3.35. The molecule has 0 aliphatic rings. The van der Waals surface area contributed by atoms with Crippen molar-refractivity contribution in [2.75, 3.05) is 0 Å². The Kier molecular flexibility index (Phi) is 4.36. The third-order valence-corrected chi connectivity index (χ3v) is 3.35. The summed E-state index contributed by atoms with van der Waals surface area (Å²) in [5, 5.41) is 26.4. The van der Waals surface area contributed by atoms with Gasteiger partial charge in [0.15, 0.2) is 11.6 Å². The van der Waals surface area contributed by atoms with Gasteiger partial charge in [0.05, 0.1) is 12.3 Å². The molecule has 0 aliphatic heterocycles. The average Bonchev–Trinajstić information content (AvgIpc) is 3.19. The summed E-state index contributed by atoms with van der Waals surface area (Å²) < 4.78 is 7.10. The molecule has 24 heavy (non-hydrogen) atoms. The van der Waals surface area contributed by atoms with Crippen LogP contribution < -0.4 is 5.48 Å². The maximum atomic E-state index is 11.0. The number of benzene rings is 1. The van der Waals surface area contributed by atoms with Crippen LogP contribution in [-0.2, 0) is 4.79 Å². The van der Waals surface area contributed by atoms with Crippen LogP contribution in [0, 0.1) is 0 Å².